The Balaban J connectivity index is 2.41. The van der Waals surface area contributed by atoms with Crippen molar-refractivity contribution < 1.29 is 19.1 Å². The number of anilines is 1. The van der Waals surface area contributed by atoms with E-state index in [1.807, 2.05) is 0 Å². The van der Waals surface area contributed by atoms with Gasteiger partial charge in [0.2, 0.25) is 0 Å². The summed E-state index contributed by atoms with van der Waals surface area (Å²) in [6, 6.07) is 5.03. The zero-order chi connectivity index (χ0) is 14.3. The number of nitrogens with one attached hydrogen (secondary N) is 1. The van der Waals surface area contributed by atoms with Crippen molar-refractivity contribution in [2.45, 2.75) is 6.92 Å². The monoisotopic (exact) mass is 349 g/mol. The normalized spacial score (nSPS) is 10.1. The van der Waals surface area contributed by atoms with E-state index in [2.05, 4.69) is 21.2 Å². The Kier molecular flexibility index (Phi) is 6.83. The molecule has 7 heteroatoms. The van der Waals surface area contributed by atoms with Crippen LogP contribution >= 0.6 is 27.5 Å². The molecular formula is C12H13BrClNO4. The van der Waals surface area contributed by atoms with Crippen LogP contribution in [0, 0.1) is 0 Å². The minimum absolute atomic E-state index is 0.164. The second-order valence-electron chi connectivity index (χ2n) is 3.47. The van der Waals surface area contributed by atoms with Gasteiger partial charge in [-0.2, -0.15) is 0 Å². The summed E-state index contributed by atoms with van der Waals surface area (Å²) in [5, 5.41) is 2.93. The Hall–Kier alpha value is -1.11. The third-order valence-electron chi connectivity index (χ3n) is 1.99. The van der Waals surface area contributed by atoms with Gasteiger partial charge in [-0.25, -0.2) is 4.79 Å². The number of hydrogen-bond acceptors (Lipinski definition) is 4. The number of carbonyl (C=O) groups is 2. The Bertz CT molecular complexity index is 467. The van der Waals surface area contributed by atoms with Gasteiger partial charge in [0.1, 0.15) is 6.61 Å². The summed E-state index contributed by atoms with van der Waals surface area (Å²) >= 11 is 9.19. The highest BCUT2D eigenvalue weighted by Crippen LogP contribution is 2.25. The van der Waals surface area contributed by atoms with Crippen LogP contribution in [-0.2, 0) is 19.1 Å². The number of rotatable bonds is 6. The Morgan fingerprint density at radius 1 is 1.37 bits per heavy atom. The highest BCUT2D eigenvalue weighted by Gasteiger charge is 2.09. The number of benzene rings is 1. The van der Waals surface area contributed by atoms with Gasteiger partial charge in [-0.3, -0.25) is 4.79 Å². The van der Waals surface area contributed by atoms with E-state index in [9.17, 15) is 9.59 Å². The van der Waals surface area contributed by atoms with E-state index in [1.165, 1.54) is 0 Å². The molecule has 5 nitrogen and oxygen atoms in total. The van der Waals surface area contributed by atoms with Crippen molar-refractivity contribution in [1.82, 2.24) is 0 Å². The zero-order valence-corrected chi connectivity index (χ0v) is 12.6. The predicted molar refractivity (Wildman–Crippen MR) is 75.2 cm³/mol. The molecule has 0 saturated carbocycles. The standard InChI is InChI=1S/C12H13BrClNO4/c1-2-18-7-12(17)19-6-11(16)15-10-4-3-8(13)5-9(10)14/h3-5H,2,6-7H2,1H3,(H,15,16). The Labute approximate surface area is 124 Å². The van der Waals surface area contributed by atoms with E-state index in [1.54, 1.807) is 25.1 Å². The van der Waals surface area contributed by atoms with Crippen molar-refractivity contribution in [3.8, 4) is 0 Å². The lowest BCUT2D eigenvalue weighted by Gasteiger charge is -2.08. The van der Waals surface area contributed by atoms with Crippen LogP contribution in [0.3, 0.4) is 0 Å². The number of halogens is 2. The van der Waals surface area contributed by atoms with Crippen molar-refractivity contribution in [2.75, 3.05) is 25.1 Å². The van der Waals surface area contributed by atoms with Gasteiger partial charge < -0.3 is 14.8 Å². The fourth-order valence-electron chi connectivity index (χ4n) is 1.15. The summed E-state index contributed by atoms with van der Waals surface area (Å²) in [6.45, 7) is 1.63. The summed E-state index contributed by atoms with van der Waals surface area (Å²) in [7, 11) is 0. The lowest BCUT2D eigenvalue weighted by Crippen LogP contribution is -2.23. The number of hydrogen-bond donors (Lipinski definition) is 1. The van der Waals surface area contributed by atoms with Crippen LogP contribution in [0.4, 0.5) is 5.69 Å². The van der Waals surface area contributed by atoms with Gasteiger partial charge in [-0.05, 0) is 25.1 Å². The lowest BCUT2D eigenvalue weighted by molar-refractivity contribution is -0.151. The zero-order valence-electron chi connectivity index (χ0n) is 10.2. The smallest absolute Gasteiger partial charge is 0.332 e. The molecule has 1 aromatic carbocycles. The molecule has 0 fully saturated rings. The van der Waals surface area contributed by atoms with E-state index >= 15 is 0 Å². The van der Waals surface area contributed by atoms with Gasteiger partial charge in [0.25, 0.3) is 5.91 Å². The molecule has 0 saturated heterocycles. The first-order valence-electron chi connectivity index (χ1n) is 5.51. The number of carbonyl (C=O) groups excluding carboxylic acids is 2. The number of esters is 1. The first-order chi connectivity index (χ1) is 9.02. The summed E-state index contributed by atoms with van der Waals surface area (Å²) in [5.74, 6) is -1.05. The molecule has 0 atom stereocenters. The van der Waals surface area contributed by atoms with Crippen molar-refractivity contribution in [3.05, 3.63) is 27.7 Å². The van der Waals surface area contributed by atoms with E-state index in [0.29, 0.717) is 17.3 Å². The topological polar surface area (TPSA) is 64.6 Å². The van der Waals surface area contributed by atoms with E-state index < -0.39 is 11.9 Å². The lowest BCUT2D eigenvalue weighted by atomic mass is 10.3. The average Bonchev–Trinajstić information content (AvgIpc) is 2.37. The van der Waals surface area contributed by atoms with E-state index in [-0.39, 0.29) is 13.2 Å². The molecule has 0 aromatic heterocycles. The summed E-state index contributed by atoms with van der Waals surface area (Å²) in [4.78, 5) is 22.6. The van der Waals surface area contributed by atoms with Crippen LogP contribution < -0.4 is 5.32 Å². The maximum absolute atomic E-state index is 11.5. The second kappa shape index (κ2) is 8.14. The SMILES string of the molecule is CCOCC(=O)OCC(=O)Nc1ccc(Br)cc1Cl. The molecule has 0 unspecified atom stereocenters. The molecule has 1 amide bonds. The van der Waals surface area contributed by atoms with Crippen LogP contribution in [0.5, 0.6) is 0 Å². The van der Waals surface area contributed by atoms with Gasteiger partial charge in [0.05, 0.1) is 10.7 Å². The van der Waals surface area contributed by atoms with Crippen LogP contribution in [0.2, 0.25) is 5.02 Å². The van der Waals surface area contributed by atoms with Crippen molar-refractivity contribution in [1.29, 1.82) is 0 Å². The molecular weight excluding hydrogens is 337 g/mol. The molecule has 0 bridgehead atoms. The second-order valence-corrected chi connectivity index (χ2v) is 4.79. The maximum Gasteiger partial charge on any atom is 0.332 e. The van der Waals surface area contributed by atoms with Gasteiger partial charge in [-0.1, -0.05) is 27.5 Å². The molecule has 0 heterocycles. The maximum atomic E-state index is 11.5. The van der Waals surface area contributed by atoms with E-state index in [0.717, 1.165) is 4.47 Å². The quantitative estimate of drug-likeness (QED) is 0.801. The highest BCUT2D eigenvalue weighted by molar-refractivity contribution is 9.10. The highest BCUT2D eigenvalue weighted by atomic mass is 79.9. The predicted octanol–water partition coefficient (Wildman–Crippen LogP) is 2.62. The molecule has 104 valence electrons. The molecule has 0 aliphatic carbocycles. The molecule has 0 aliphatic heterocycles. The van der Waals surface area contributed by atoms with Gasteiger partial charge in [0.15, 0.2) is 6.61 Å². The minimum Gasteiger partial charge on any atom is -0.454 e. The summed E-state index contributed by atoms with van der Waals surface area (Å²) in [5.41, 5.74) is 0.454. The van der Waals surface area contributed by atoms with Gasteiger partial charge in [-0.15, -0.1) is 0 Å². The minimum atomic E-state index is -0.584. The molecule has 1 aromatic rings. The van der Waals surface area contributed by atoms with Crippen molar-refractivity contribution in [2.24, 2.45) is 0 Å². The molecule has 0 radical (unpaired) electrons. The van der Waals surface area contributed by atoms with Gasteiger partial charge in [0, 0.05) is 11.1 Å². The van der Waals surface area contributed by atoms with Crippen LogP contribution in [-0.4, -0.2) is 31.7 Å². The number of amides is 1. The summed E-state index contributed by atoms with van der Waals surface area (Å²) < 4.78 is 10.4. The molecule has 1 N–H and O–H groups in total. The molecule has 0 spiro atoms. The largest absolute Gasteiger partial charge is 0.454 e. The molecule has 19 heavy (non-hydrogen) atoms. The van der Waals surface area contributed by atoms with E-state index in [4.69, 9.17) is 21.1 Å². The van der Waals surface area contributed by atoms with Crippen LogP contribution in [0.15, 0.2) is 22.7 Å². The third kappa shape index (κ3) is 6.04. The average molecular weight is 351 g/mol. The Morgan fingerprint density at radius 2 is 2.11 bits per heavy atom. The fraction of sp³-hybridized carbons (Fsp3) is 0.333. The first kappa shape index (κ1) is 15.9. The Morgan fingerprint density at radius 3 is 2.74 bits per heavy atom. The fourth-order valence-corrected chi connectivity index (χ4v) is 1.87. The van der Waals surface area contributed by atoms with Gasteiger partial charge >= 0.3 is 5.97 Å². The van der Waals surface area contributed by atoms with Crippen LogP contribution in [0.25, 0.3) is 0 Å². The van der Waals surface area contributed by atoms with Crippen molar-refractivity contribution in [3.63, 3.8) is 0 Å². The number of ether oxygens (including phenoxy) is 2. The molecule has 1 rings (SSSR count). The first-order valence-corrected chi connectivity index (χ1v) is 6.68. The van der Waals surface area contributed by atoms with Crippen LogP contribution in [0.1, 0.15) is 6.92 Å². The third-order valence-corrected chi connectivity index (χ3v) is 2.80. The molecule has 0 aliphatic rings. The van der Waals surface area contributed by atoms with Crippen molar-refractivity contribution >= 4 is 45.1 Å². The summed E-state index contributed by atoms with van der Waals surface area (Å²) in [6.07, 6.45) is 0.